The van der Waals surface area contributed by atoms with Crippen LogP contribution in [0.25, 0.3) is 10.9 Å². The number of pyridine rings is 1. The van der Waals surface area contributed by atoms with Crippen LogP contribution in [0.1, 0.15) is 61.7 Å². The number of fused-ring (bicyclic) bond motifs is 1. The van der Waals surface area contributed by atoms with Crippen LogP contribution in [0, 0.1) is 13.8 Å². The van der Waals surface area contributed by atoms with E-state index in [2.05, 4.69) is 44.5 Å². The number of tetrazole rings is 1. The van der Waals surface area contributed by atoms with Crippen LogP contribution >= 0.6 is 0 Å². The number of ether oxygens (including phenoxy) is 2. The summed E-state index contributed by atoms with van der Waals surface area (Å²) in [4.78, 5) is 30.5. The van der Waals surface area contributed by atoms with Crippen LogP contribution in [0.3, 0.4) is 0 Å². The van der Waals surface area contributed by atoms with Crippen molar-refractivity contribution >= 4 is 16.9 Å². The smallest absolute Gasteiger partial charge is 0.327 e. The van der Waals surface area contributed by atoms with E-state index in [0.717, 1.165) is 41.5 Å². The van der Waals surface area contributed by atoms with Gasteiger partial charge in [-0.3, -0.25) is 14.5 Å². The molecule has 3 aromatic rings. The Morgan fingerprint density at radius 2 is 2.14 bits per heavy atom. The normalized spacial score (nSPS) is 16.8. The van der Waals surface area contributed by atoms with Gasteiger partial charge in [0, 0.05) is 25.3 Å². The predicted octanol–water partition coefficient (Wildman–Crippen LogP) is 2.83. The third kappa shape index (κ3) is 5.76. The minimum absolute atomic E-state index is 0.0600. The van der Waals surface area contributed by atoms with Gasteiger partial charge in [0.25, 0.3) is 5.56 Å². The van der Waals surface area contributed by atoms with E-state index < -0.39 is 5.97 Å². The third-order valence-corrected chi connectivity index (χ3v) is 6.48. The van der Waals surface area contributed by atoms with Gasteiger partial charge in [0.15, 0.2) is 5.82 Å². The van der Waals surface area contributed by atoms with Crippen LogP contribution in [0.5, 0.6) is 0 Å². The molecule has 1 aliphatic rings. The zero-order valence-electron chi connectivity index (χ0n) is 20.9. The second-order valence-electron chi connectivity index (χ2n) is 9.16. The SMILES string of the molecule is CCOC(=O)Cn1nnnc1[C@@H](CC)N(Cc1cc2cc(C)cc(C)c2[nH]c1=O)C[C@@H]1CCCO1. The molecule has 188 valence electrons. The highest BCUT2D eigenvalue weighted by Crippen LogP contribution is 2.27. The molecule has 0 saturated carbocycles. The number of rotatable bonds is 10. The molecule has 0 bridgehead atoms. The van der Waals surface area contributed by atoms with E-state index >= 15 is 0 Å². The van der Waals surface area contributed by atoms with Gasteiger partial charge in [0.1, 0.15) is 6.54 Å². The van der Waals surface area contributed by atoms with Gasteiger partial charge in [-0.15, -0.1) is 5.10 Å². The Morgan fingerprint density at radius 3 is 2.86 bits per heavy atom. The Balaban J connectivity index is 1.68. The minimum atomic E-state index is -0.390. The first-order valence-corrected chi connectivity index (χ1v) is 12.3. The number of aromatic amines is 1. The van der Waals surface area contributed by atoms with Crippen LogP contribution in [-0.2, 0) is 27.4 Å². The molecule has 0 amide bonds. The van der Waals surface area contributed by atoms with Crippen molar-refractivity contribution < 1.29 is 14.3 Å². The van der Waals surface area contributed by atoms with E-state index in [-0.39, 0.29) is 24.2 Å². The lowest BCUT2D eigenvalue weighted by Crippen LogP contribution is -2.38. The maximum Gasteiger partial charge on any atom is 0.327 e. The van der Waals surface area contributed by atoms with Crippen molar-refractivity contribution in [2.24, 2.45) is 0 Å². The van der Waals surface area contributed by atoms with Gasteiger partial charge in [0.05, 0.1) is 24.3 Å². The molecule has 0 spiro atoms. The molecule has 10 nitrogen and oxygen atoms in total. The Bertz CT molecular complexity index is 1230. The molecular weight excluding hydrogens is 448 g/mol. The van der Waals surface area contributed by atoms with Gasteiger partial charge in [-0.2, -0.15) is 0 Å². The van der Waals surface area contributed by atoms with Crippen molar-refractivity contribution in [2.75, 3.05) is 19.8 Å². The van der Waals surface area contributed by atoms with Crippen LogP contribution in [0.2, 0.25) is 0 Å². The topological polar surface area (TPSA) is 115 Å². The Kier molecular flexibility index (Phi) is 7.92. The molecular formula is C25H34N6O4. The van der Waals surface area contributed by atoms with Crippen LogP contribution < -0.4 is 5.56 Å². The zero-order valence-corrected chi connectivity index (χ0v) is 20.9. The van der Waals surface area contributed by atoms with Gasteiger partial charge >= 0.3 is 5.97 Å². The summed E-state index contributed by atoms with van der Waals surface area (Å²) in [6, 6.07) is 5.92. The summed E-state index contributed by atoms with van der Waals surface area (Å²) in [5.41, 5.74) is 3.62. The zero-order chi connectivity index (χ0) is 24.9. The Morgan fingerprint density at radius 1 is 1.31 bits per heavy atom. The first-order chi connectivity index (χ1) is 16.9. The number of hydrogen-bond acceptors (Lipinski definition) is 8. The van der Waals surface area contributed by atoms with E-state index in [1.165, 1.54) is 4.68 Å². The second kappa shape index (κ2) is 11.1. The first kappa shape index (κ1) is 25.0. The number of nitrogens with zero attached hydrogens (tertiary/aromatic N) is 5. The number of nitrogens with one attached hydrogen (secondary N) is 1. The average Bonchev–Trinajstić information content (AvgIpc) is 3.48. The summed E-state index contributed by atoms with van der Waals surface area (Å²) in [6.45, 7) is 9.89. The van der Waals surface area contributed by atoms with E-state index in [0.29, 0.717) is 37.5 Å². The minimum Gasteiger partial charge on any atom is -0.465 e. The number of carbonyl (C=O) groups is 1. The second-order valence-corrected chi connectivity index (χ2v) is 9.16. The highest BCUT2D eigenvalue weighted by atomic mass is 16.5. The Hall–Kier alpha value is -3.11. The molecule has 2 aromatic heterocycles. The molecule has 1 saturated heterocycles. The molecule has 0 radical (unpaired) electrons. The summed E-state index contributed by atoms with van der Waals surface area (Å²) in [5.74, 6) is 0.181. The maximum atomic E-state index is 13.1. The number of hydrogen-bond donors (Lipinski definition) is 1. The predicted molar refractivity (Wildman–Crippen MR) is 131 cm³/mol. The molecule has 1 fully saturated rings. The molecule has 1 N–H and O–H groups in total. The lowest BCUT2D eigenvalue weighted by Gasteiger charge is -2.32. The number of aromatic nitrogens is 5. The Labute approximate surface area is 204 Å². The quantitative estimate of drug-likeness (QED) is 0.439. The summed E-state index contributed by atoms with van der Waals surface area (Å²) in [7, 11) is 0. The standard InChI is InChI=1S/C25H34N6O4/c1-5-21(24-27-28-29-31(24)15-22(32)34-6-2)30(14-20-8-7-9-35-20)13-19-12-18-11-16(3)10-17(4)23(18)26-25(19)33/h10-12,20-21H,5-9,13-15H2,1-4H3,(H,26,33)/t20-,21+/m0/s1. The maximum absolute atomic E-state index is 13.1. The largest absolute Gasteiger partial charge is 0.465 e. The van der Waals surface area contributed by atoms with Gasteiger partial charge in [-0.05, 0) is 73.5 Å². The lowest BCUT2D eigenvalue weighted by molar-refractivity contribution is -0.144. The van der Waals surface area contributed by atoms with Crippen molar-refractivity contribution in [2.45, 2.75) is 72.2 Å². The molecule has 4 rings (SSSR count). The number of aryl methyl sites for hydroxylation is 2. The lowest BCUT2D eigenvalue weighted by atomic mass is 10.0. The fourth-order valence-corrected chi connectivity index (χ4v) is 4.92. The molecule has 2 atom stereocenters. The van der Waals surface area contributed by atoms with Crippen LogP contribution in [0.4, 0.5) is 0 Å². The highest BCUT2D eigenvalue weighted by Gasteiger charge is 2.30. The van der Waals surface area contributed by atoms with Gasteiger partial charge in [-0.1, -0.05) is 18.6 Å². The van der Waals surface area contributed by atoms with E-state index in [4.69, 9.17) is 9.47 Å². The molecule has 3 heterocycles. The van der Waals surface area contributed by atoms with E-state index in [1.54, 1.807) is 6.92 Å². The number of benzene rings is 1. The van der Waals surface area contributed by atoms with E-state index in [1.807, 2.05) is 19.9 Å². The number of esters is 1. The molecule has 1 aliphatic heterocycles. The summed E-state index contributed by atoms with van der Waals surface area (Å²) < 4.78 is 12.5. The monoisotopic (exact) mass is 482 g/mol. The average molecular weight is 483 g/mol. The fourth-order valence-electron chi connectivity index (χ4n) is 4.92. The number of H-pyrrole nitrogens is 1. The molecule has 1 aromatic carbocycles. The summed E-state index contributed by atoms with van der Waals surface area (Å²) in [5, 5.41) is 13.1. The third-order valence-electron chi connectivity index (χ3n) is 6.48. The van der Waals surface area contributed by atoms with E-state index in [9.17, 15) is 9.59 Å². The molecule has 10 heteroatoms. The van der Waals surface area contributed by atoms with Gasteiger partial charge in [-0.25, -0.2) is 4.68 Å². The van der Waals surface area contributed by atoms with Gasteiger partial charge in [0.2, 0.25) is 0 Å². The molecule has 35 heavy (non-hydrogen) atoms. The van der Waals surface area contributed by atoms with Crippen molar-refractivity contribution in [3.05, 3.63) is 51.1 Å². The van der Waals surface area contributed by atoms with Gasteiger partial charge < -0.3 is 14.5 Å². The van der Waals surface area contributed by atoms with Crippen LogP contribution in [-0.4, -0.2) is 61.9 Å². The van der Waals surface area contributed by atoms with Crippen molar-refractivity contribution in [1.29, 1.82) is 0 Å². The highest BCUT2D eigenvalue weighted by molar-refractivity contribution is 5.82. The molecule has 0 unspecified atom stereocenters. The summed E-state index contributed by atoms with van der Waals surface area (Å²) >= 11 is 0. The van der Waals surface area contributed by atoms with Crippen molar-refractivity contribution in [3.8, 4) is 0 Å². The summed E-state index contributed by atoms with van der Waals surface area (Å²) in [6.07, 6.45) is 2.75. The fraction of sp³-hybridized carbons (Fsp3) is 0.560. The van der Waals surface area contributed by atoms with Crippen molar-refractivity contribution in [3.63, 3.8) is 0 Å². The number of carbonyl (C=O) groups excluding carboxylic acids is 1. The first-order valence-electron chi connectivity index (χ1n) is 12.3. The molecule has 0 aliphatic carbocycles. The van der Waals surface area contributed by atoms with Crippen LogP contribution in [0.15, 0.2) is 23.0 Å². The van der Waals surface area contributed by atoms with Crippen molar-refractivity contribution in [1.82, 2.24) is 30.1 Å².